The first kappa shape index (κ1) is 17.4. The molecular formula is C18H24N6. The highest BCUT2D eigenvalue weighted by Gasteiger charge is 2.14. The van der Waals surface area contributed by atoms with Crippen LogP contribution in [0.1, 0.15) is 37.0 Å². The Morgan fingerprint density at radius 3 is 2.42 bits per heavy atom. The van der Waals surface area contributed by atoms with E-state index in [-0.39, 0.29) is 0 Å². The van der Waals surface area contributed by atoms with Crippen molar-refractivity contribution in [1.29, 1.82) is 0 Å². The van der Waals surface area contributed by atoms with Gasteiger partial charge in [-0.2, -0.15) is 5.10 Å². The van der Waals surface area contributed by atoms with E-state index >= 15 is 0 Å². The zero-order chi connectivity index (χ0) is 17.7. The van der Waals surface area contributed by atoms with E-state index < -0.39 is 0 Å². The van der Waals surface area contributed by atoms with Gasteiger partial charge < -0.3 is 22.7 Å². The van der Waals surface area contributed by atoms with Gasteiger partial charge in [0.2, 0.25) is 0 Å². The molecule has 0 aliphatic heterocycles. The van der Waals surface area contributed by atoms with Gasteiger partial charge in [-0.25, -0.2) is 5.84 Å². The number of hydrogen-bond acceptors (Lipinski definition) is 5. The lowest BCUT2D eigenvalue weighted by Crippen LogP contribution is -2.32. The molecule has 0 atom stereocenters. The molecule has 0 fully saturated rings. The summed E-state index contributed by atoms with van der Waals surface area (Å²) < 4.78 is 0. The van der Waals surface area contributed by atoms with E-state index in [9.17, 15) is 0 Å². The lowest BCUT2D eigenvalue weighted by atomic mass is 9.90. The number of nitrogens with zero attached hydrogens (tertiary/aromatic N) is 1. The minimum absolute atomic E-state index is 0.386. The third-order valence-electron chi connectivity index (χ3n) is 3.99. The molecule has 0 radical (unpaired) electrons. The maximum Gasteiger partial charge on any atom is 0.166 e. The van der Waals surface area contributed by atoms with Gasteiger partial charge in [0.15, 0.2) is 5.84 Å². The second kappa shape index (κ2) is 7.52. The van der Waals surface area contributed by atoms with Crippen LogP contribution in [0.25, 0.3) is 5.57 Å². The molecule has 0 amide bonds. The van der Waals surface area contributed by atoms with Gasteiger partial charge >= 0.3 is 0 Å². The number of anilines is 2. The van der Waals surface area contributed by atoms with Crippen molar-refractivity contribution >= 4 is 22.8 Å². The smallest absolute Gasteiger partial charge is 0.166 e. The molecule has 0 spiro atoms. The van der Waals surface area contributed by atoms with Crippen LogP contribution in [-0.4, -0.2) is 5.84 Å². The van der Waals surface area contributed by atoms with E-state index in [0.29, 0.717) is 17.2 Å². The van der Waals surface area contributed by atoms with Gasteiger partial charge in [0.05, 0.1) is 0 Å². The molecule has 0 heterocycles. The summed E-state index contributed by atoms with van der Waals surface area (Å²) in [6.07, 6.45) is 0.890. The Bertz CT molecular complexity index is 792. The highest BCUT2D eigenvalue weighted by atomic mass is 15.3. The highest BCUT2D eigenvalue weighted by Crippen LogP contribution is 2.33. The minimum atomic E-state index is 0.386. The van der Waals surface area contributed by atoms with E-state index in [1.807, 2.05) is 42.5 Å². The molecule has 2 aromatic rings. The molecule has 126 valence electrons. The molecule has 0 saturated carbocycles. The van der Waals surface area contributed by atoms with E-state index in [0.717, 1.165) is 28.7 Å². The summed E-state index contributed by atoms with van der Waals surface area (Å²) in [7, 11) is 0. The Labute approximate surface area is 142 Å². The van der Waals surface area contributed by atoms with Crippen molar-refractivity contribution in [2.45, 2.75) is 20.3 Å². The summed E-state index contributed by atoms with van der Waals surface area (Å²) in [6, 6.07) is 13.3. The molecular weight excluding hydrogens is 300 g/mol. The summed E-state index contributed by atoms with van der Waals surface area (Å²) in [5.41, 5.74) is 21.0. The average Bonchev–Trinajstić information content (AvgIpc) is 2.58. The van der Waals surface area contributed by atoms with Crippen LogP contribution in [-0.2, 0) is 0 Å². The zero-order valence-corrected chi connectivity index (χ0v) is 14.0. The van der Waals surface area contributed by atoms with Gasteiger partial charge in [0.25, 0.3) is 0 Å². The standard InChI is InChI=1S/C18H24N6/c1-3-11(2)17(12-5-4-6-14(19)9-12)15-10-13(7-8-16(15)20)18(23-21)24-22/h4-10H,3,19-22H2,1-2H3,(H,23,24). The number of rotatable bonds is 4. The van der Waals surface area contributed by atoms with Crippen LogP contribution >= 0.6 is 0 Å². The number of nitrogen functional groups attached to an aromatic ring is 2. The normalized spacial score (nSPS) is 12.7. The molecule has 2 aromatic carbocycles. The maximum absolute atomic E-state index is 6.25. The lowest BCUT2D eigenvalue weighted by molar-refractivity contribution is 1.00. The van der Waals surface area contributed by atoms with Crippen molar-refractivity contribution in [3.8, 4) is 0 Å². The van der Waals surface area contributed by atoms with Crippen molar-refractivity contribution in [3.63, 3.8) is 0 Å². The van der Waals surface area contributed by atoms with Crippen molar-refractivity contribution in [3.05, 3.63) is 64.7 Å². The summed E-state index contributed by atoms with van der Waals surface area (Å²) in [6.45, 7) is 4.19. The third kappa shape index (κ3) is 3.49. The van der Waals surface area contributed by atoms with Crippen LogP contribution in [0, 0.1) is 0 Å². The topological polar surface area (TPSA) is 128 Å². The Hall–Kier alpha value is -2.99. The van der Waals surface area contributed by atoms with Crippen LogP contribution in [0.2, 0.25) is 0 Å². The lowest BCUT2D eigenvalue weighted by Gasteiger charge is -2.17. The molecule has 0 aromatic heterocycles. The van der Waals surface area contributed by atoms with E-state index in [4.69, 9.17) is 23.2 Å². The monoisotopic (exact) mass is 324 g/mol. The van der Waals surface area contributed by atoms with Crippen LogP contribution in [0.5, 0.6) is 0 Å². The number of nitrogens with one attached hydrogen (secondary N) is 1. The summed E-state index contributed by atoms with van der Waals surface area (Å²) in [5, 5.41) is 3.66. The number of benzene rings is 2. The zero-order valence-electron chi connectivity index (χ0n) is 14.0. The summed E-state index contributed by atoms with van der Waals surface area (Å²) in [5.74, 6) is 11.2. The fraction of sp³-hybridized carbons (Fsp3) is 0.167. The largest absolute Gasteiger partial charge is 0.399 e. The summed E-state index contributed by atoms with van der Waals surface area (Å²) >= 11 is 0. The predicted octanol–water partition coefficient (Wildman–Crippen LogP) is 2.17. The van der Waals surface area contributed by atoms with Gasteiger partial charge in [0.1, 0.15) is 0 Å². The quantitative estimate of drug-likeness (QED) is 0.193. The predicted molar refractivity (Wildman–Crippen MR) is 102 cm³/mol. The molecule has 2 rings (SSSR count). The van der Waals surface area contributed by atoms with Gasteiger partial charge in [0, 0.05) is 22.5 Å². The first-order valence-electron chi connectivity index (χ1n) is 7.72. The van der Waals surface area contributed by atoms with Crippen molar-refractivity contribution in [2.24, 2.45) is 16.8 Å². The third-order valence-corrected chi connectivity index (χ3v) is 3.99. The van der Waals surface area contributed by atoms with Gasteiger partial charge in [-0.3, -0.25) is 0 Å². The average molecular weight is 324 g/mol. The number of hydrogen-bond donors (Lipinski definition) is 5. The SMILES string of the molecule is CCC(C)=C(c1cccc(N)c1)c1cc(/C(=N/N)NN)ccc1N. The molecule has 0 aliphatic carbocycles. The van der Waals surface area contributed by atoms with Gasteiger partial charge in [-0.05, 0) is 54.8 Å². The number of hydrazine groups is 1. The Kier molecular flexibility index (Phi) is 5.44. The maximum atomic E-state index is 6.25. The van der Waals surface area contributed by atoms with Crippen molar-refractivity contribution in [2.75, 3.05) is 11.5 Å². The number of allylic oxidation sites excluding steroid dienone is 1. The van der Waals surface area contributed by atoms with Crippen LogP contribution in [0.3, 0.4) is 0 Å². The molecule has 0 unspecified atom stereocenters. The van der Waals surface area contributed by atoms with Gasteiger partial charge in [-0.15, -0.1) is 0 Å². The first-order valence-corrected chi connectivity index (χ1v) is 7.72. The van der Waals surface area contributed by atoms with Crippen LogP contribution in [0.15, 0.2) is 53.1 Å². The fourth-order valence-corrected chi connectivity index (χ4v) is 2.62. The van der Waals surface area contributed by atoms with Crippen molar-refractivity contribution in [1.82, 2.24) is 5.43 Å². The Balaban J connectivity index is 2.70. The van der Waals surface area contributed by atoms with E-state index in [1.54, 1.807) is 0 Å². The van der Waals surface area contributed by atoms with Crippen molar-refractivity contribution < 1.29 is 0 Å². The van der Waals surface area contributed by atoms with E-state index in [1.165, 1.54) is 5.57 Å². The Morgan fingerprint density at radius 2 is 1.83 bits per heavy atom. The molecule has 0 aliphatic rings. The van der Waals surface area contributed by atoms with Crippen LogP contribution < -0.4 is 28.6 Å². The molecule has 9 N–H and O–H groups in total. The molecule has 6 heteroatoms. The second-order valence-corrected chi connectivity index (χ2v) is 5.56. The second-order valence-electron chi connectivity index (χ2n) is 5.56. The minimum Gasteiger partial charge on any atom is -0.399 e. The van der Waals surface area contributed by atoms with Gasteiger partial charge in [-0.1, -0.05) is 24.6 Å². The number of hydrazone groups is 1. The Morgan fingerprint density at radius 1 is 1.08 bits per heavy atom. The highest BCUT2D eigenvalue weighted by molar-refractivity contribution is 6.00. The number of nitrogens with two attached hydrogens (primary N) is 4. The van der Waals surface area contributed by atoms with Crippen LogP contribution in [0.4, 0.5) is 11.4 Å². The summed E-state index contributed by atoms with van der Waals surface area (Å²) in [4.78, 5) is 0. The number of amidine groups is 1. The van der Waals surface area contributed by atoms with E-state index in [2.05, 4.69) is 24.4 Å². The fourth-order valence-electron chi connectivity index (χ4n) is 2.62. The molecule has 0 saturated heterocycles. The molecule has 24 heavy (non-hydrogen) atoms. The first-order chi connectivity index (χ1) is 11.5. The molecule has 0 bridgehead atoms. The molecule has 6 nitrogen and oxygen atoms in total.